The number of hydrogen-bond acceptors (Lipinski definition) is 3. The summed E-state index contributed by atoms with van der Waals surface area (Å²) in [5, 5.41) is 2.86. The number of fused-ring (bicyclic) bond motifs is 1. The summed E-state index contributed by atoms with van der Waals surface area (Å²) in [5.74, 6) is 2.83. The van der Waals surface area contributed by atoms with Gasteiger partial charge in [0.05, 0.1) is 5.69 Å². The first-order valence-electron chi connectivity index (χ1n) is 5.49. The first-order chi connectivity index (χ1) is 7.84. The van der Waals surface area contributed by atoms with Crippen molar-refractivity contribution in [3.63, 3.8) is 0 Å². The number of nitrogens with zero attached hydrogens (tertiary/aromatic N) is 2. The van der Waals surface area contributed by atoms with E-state index in [1.165, 1.54) is 16.0 Å². The largest absolute Gasteiger partial charge is 0.297 e. The van der Waals surface area contributed by atoms with Gasteiger partial charge in [-0.15, -0.1) is 0 Å². The Hall–Kier alpha value is -1.23. The van der Waals surface area contributed by atoms with Crippen LogP contribution >= 0.6 is 11.8 Å². The topological polar surface area (TPSA) is 50.2 Å². The van der Waals surface area contributed by atoms with Crippen LogP contribution in [0.1, 0.15) is 24.5 Å². The molecule has 0 saturated carbocycles. The van der Waals surface area contributed by atoms with Gasteiger partial charge in [-0.1, -0.05) is 0 Å². The molecule has 1 aliphatic rings. The van der Waals surface area contributed by atoms with Gasteiger partial charge in [-0.25, -0.2) is 9.50 Å². The van der Waals surface area contributed by atoms with Crippen LogP contribution in [-0.4, -0.2) is 26.1 Å². The quantitative estimate of drug-likeness (QED) is 0.817. The molecule has 0 bridgehead atoms. The Bertz CT molecular complexity index is 554. The van der Waals surface area contributed by atoms with E-state index in [0.717, 1.165) is 24.2 Å². The molecule has 0 unspecified atom stereocenters. The monoisotopic (exact) mass is 235 g/mol. The van der Waals surface area contributed by atoms with E-state index >= 15 is 0 Å². The molecule has 4 nitrogen and oxygen atoms in total. The molecule has 0 amide bonds. The fraction of sp³-hybridized carbons (Fsp3) is 0.455. The van der Waals surface area contributed by atoms with Crippen LogP contribution in [0, 0.1) is 0 Å². The summed E-state index contributed by atoms with van der Waals surface area (Å²) < 4.78 is 1.47. The predicted octanol–water partition coefficient (Wildman–Crippen LogP) is 1.63. The van der Waals surface area contributed by atoms with Gasteiger partial charge in [0.1, 0.15) is 0 Å². The van der Waals surface area contributed by atoms with Gasteiger partial charge in [-0.3, -0.25) is 9.89 Å². The van der Waals surface area contributed by atoms with Crippen molar-refractivity contribution in [2.24, 2.45) is 0 Å². The van der Waals surface area contributed by atoms with Crippen molar-refractivity contribution in [1.82, 2.24) is 14.6 Å². The van der Waals surface area contributed by atoms with Crippen LogP contribution < -0.4 is 5.56 Å². The molecule has 1 aliphatic heterocycles. The zero-order valence-corrected chi connectivity index (χ0v) is 9.67. The van der Waals surface area contributed by atoms with Crippen LogP contribution in [0.5, 0.6) is 0 Å². The average Bonchev–Trinajstić information content (AvgIpc) is 2.79. The molecule has 0 radical (unpaired) electrons. The van der Waals surface area contributed by atoms with Crippen molar-refractivity contribution < 1.29 is 0 Å². The Kier molecular flexibility index (Phi) is 2.47. The lowest BCUT2D eigenvalue weighted by Gasteiger charge is -2.20. The first-order valence-corrected chi connectivity index (χ1v) is 6.65. The second-order valence-electron chi connectivity index (χ2n) is 4.06. The summed E-state index contributed by atoms with van der Waals surface area (Å²) in [6.45, 7) is 0. The lowest BCUT2D eigenvalue weighted by Crippen LogP contribution is -2.18. The Balaban J connectivity index is 2.06. The Morgan fingerprint density at radius 3 is 3.06 bits per heavy atom. The van der Waals surface area contributed by atoms with Crippen molar-refractivity contribution >= 4 is 17.4 Å². The third-order valence-corrected chi connectivity index (χ3v) is 4.09. The smallest absolute Gasteiger partial charge is 0.272 e. The van der Waals surface area contributed by atoms with E-state index in [-0.39, 0.29) is 5.56 Å². The molecule has 3 heterocycles. The van der Waals surface area contributed by atoms with E-state index < -0.39 is 0 Å². The summed E-state index contributed by atoms with van der Waals surface area (Å²) in [5.41, 5.74) is 1.67. The number of hydrogen-bond donors (Lipinski definition) is 1. The summed E-state index contributed by atoms with van der Waals surface area (Å²) in [6, 6.07) is 3.51. The molecule has 1 N–H and O–H groups in total. The van der Waals surface area contributed by atoms with Gasteiger partial charge in [0.15, 0.2) is 5.65 Å². The van der Waals surface area contributed by atoms with E-state index in [9.17, 15) is 4.79 Å². The molecule has 0 aromatic carbocycles. The van der Waals surface area contributed by atoms with Crippen LogP contribution in [0.25, 0.3) is 5.65 Å². The summed E-state index contributed by atoms with van der Waals surface area (Å²) >= 11 is 1.99. The predicted molar refractivity (Wildman–Crippen MR) is 65.1 cm³/mol. The fourth-order valence-electron chi connectivity index (χ4n) is 2.15. The minimum absolute atomic E-state index is 0.0109. The van der Waals surface area contributed by atoms with Gasteiger partial charge in [0.2, 0.25) is 0 Å². The minimum Gasteiger partial charge on any atom is -0.297 e. The highest BCUT2D eigenvalue weighted by atomic mass is 32.2. The van der Waals surface area contributed by atoms with Crippen LogP contribution in [-0.2, 0) is 0 Å². The second kappa shape index (κ2) is 3.97. The Labute approximate surface area is 97.1 Å². The Morgan fingerprint density at radius 2 is 2.25 bits per heavy atom. The maximum atomic E-state index is 11.8. The maximum absolute atomic E-state index is 11.8. The van der Waals surface area contributed by atoms with Crippen molar-refractivity contribution in [1.29, 1.82) is 0 Å². The lowest BCUT2D eigenvalue weighted by atomic mass is 9.99. The number of H-pyrrole nitrogens is 1. The molecule has 0 atom stereocenters. The molecular weight excluding hydrogens is 222 g/mol. The molecular formula is C11H13N3OS. The van der Waals surface area contributed by atoms with E-state index in [1.54, 1.807) is 12.3 Å². The SMILES string of the molecule is O=c1cc(C2CCSCC2)nc2cc[nH]n12. The first kappa shape index (κ1) is 9.96. The van der Waals surface area contributed by atoms with Crippen molar-refractivity contribution in [2.75, 3.05) is 11.5 Å². The van der Waals surface area contributed by atoms with Gasteiger partial charge in [-0.2, -0.15) is 11.8 Å². The second-order valence-corrected chi connectivity index (χ2v) is 5.29. The Morgan fingerprint density at radius 1 is 1.44 bits per heavy atom. The van der Waals surface area contributed by atoms with Crippen molar-refractivity contribution in [2.45, 2.75) is 18.8 Å². The van der Waals surface area contributed by atoms with Crippen LogP contribution in [0.4, 0.5) is 0 Å². The summed E-state index contributed by atoms with van der Waals surface area (Å²) in [7, 11) is 0. The molecule has 84 valence electrons. The van der Waals surface area contributed by atoms with Gasteiger partial charge in [-0.05, 0) is 24.3 Å². The molecule has 2 aromatic heterocycles. The van der Waals surface area contributed by atoms with Crippen LogP contribution in [0.15, 0.2) is 23.1 Å². The molecule has 2 aromatic rings. The molecule has 16 heavy (non-hydrogen) atoms. The third-order valence-electron chi connectivity index (χ3n) is 3.04. The standard InChI is InChI=1S/C11H13N3OS/c15-11-7-9(8-2-5-16-6-3-8)13-10-1-4-12-14(10)11/h1,4,7-8,12H,2-3,5-6H2. The van der Waals surface area contributed by atoms with Gasteiger partial charge < -0.3 is 0 Å². The maximum Gasteiger partial charge on any atom is 0.272 e. The number of nitrogens with one attached hydrogen (secondary N) is 1. The van der Waals surface area contributed by atoms with Crippen molar-refractivity contribution in [3.8, 4) is 0 Å². The molecule has 3 rings (SSSR count). The molecule has 1 saturated heterocycles. The molecule has 1 fully saturated rings. The van der Waals surface area contributed by atoms with Gasteiger partial charge in [0, 0.05) is 24.2 Å². The van der Waals surface area contributed by atoms with E-state index in [4.69, 9.17) is 0 Å². The third kappa shape index (κ3) is 1.65. The zero-order valence-electron chi connectivity index (χ0n) is 8.85. The molecule has 0 aliphatic carbocycles. The minimum atomic E-state index is -0.0109. The van der Waals surface area contributed by atoms with Crippen LogP contribution in [0.3, 0.4) is 0 Å². The highest BCUT2D eigenvalue weighted by molar-refractivity contribution is 7.99. The van der Waals surface area contributed by atoms with Crippen LogP contribution in [0.2, 0.25) is 0 Å². The normalized spacial score (nSPS) is 18.0. The van der Waals surface area contributed by atoms with E-state index in [1.807, 2.05) is 17.8 Å². The van der Waals surface area contributed by atoms with E-state index in [0.29, 0.717) is 5.92 Å². The molecule has 0 spiro atoms. The van der Waals surface area contributed by atoms with Gasteiger partial charge >= 0.3 is 0 Å². The number of aromatic nitrogens is 3. The summed E-state index contributed by atoms with van der Waals surface area (Å²) in [4.78, 5) is 16.3. The fourth-order valence-corrected chi connectivity index (χ4v) is 3.26. The van der Waals surface area contributed by atoms with Crippen molar-refractivity contribution in [3.05, 3.63) is 34.4 Å². The number of aromatic amines is 1. The number of thioether (sulfide) groups is 1. The lowest BCUT2D eigenvalue weighted by molar-refractivity contribution is 0.616. The average molecular weight is 235 g/mol. The highest BCUT2D eigenvalue weighted by Gasteiger charge is 2.18. The highest BCUT2D eigenvalue weighted by Crippen LogP contribution is 2.29. The molecule has 5 heteroatoms. The summed E-state index contributed by atoms with van der Waals surface area (Å²) in [6.07, 6.45) is 4.01. The zero-order chi connectivity index (χ0) is 11.0. The number of rotatable bonds is 1. The van der Waals surface area contributed by atoms with E-state index in [2.05, 4.69) is 10.1 Å². The van der Waals surface area contributed by atoms with Gasteiger partial charge in [0.25, 0.3) is 5.56 Å².